The molecule has 0 spiro atoms. The quantitative estimate of drug-likeness (QED) is 0.876. The maximum Gasteiger partial charge on any atom is 0.229 e. The van der Waals surface area contributed by atoms with Crippen LogP contribution in [0.15, 0.2) is 24.3 Å². The topological polar surface area (TPSA) is 41.6 Å². The van der Waals surface area contributed by atoms with E-state index in [0.717, 1.165) is 38.0 Å². The summed E-state index contributed by atoms with van der Waals surface area (Å²) in [7, 11) is 1.63. The molecule has 0 fully saturated rings. The third kappa shape index (κ3) is 4.05. The number of nitrogens with zero attached hydrogens (tertiary/aromatic N) is 1. The summed E-state index contributed by atoms with van der Waals surface area (Å²) in [5.41, 5.74) is 2.30. The second kappa shape index (κ2) is 8.15. The van der Waals surface area contributed by atoms with Crippen LogP contribution in [0.4, 0.5) is 5.69 Å². The number of carbonyl (C=O) groups is 1. The molecule has 0 saturated carbocycles. The van der Waals surface area contributed by atoms with Crippen molar-refractivity contribution in [2.75, 3.05) is 31.7 Å². The number of benzene rings is 1. The second-order valence-electron chi connectivity index (χ2n) is 5.50. The minimum absolute atomic E-state index is 0.153. The molecule has 0 radical (unpaired) electrons. The molecule has 1 aromatic rings. The van der Waals surface area contributed by atoms with Gasteiger partial charge in [-0.25, -0.2) is 0 Å². The maximum atomic E-state index is 12.4. The van der Waals surface area contributed by atoms with Crippen molar-refractivity contribution in [2.24, 2.45) is 0 Å². The monoisotopic (exact) mass is 290 g/mol. The van der Waals surface area contributed by atoms with Gasteiger partial charge in [0.2, 0.25) is 5.91 Å². The first-order valence-electron chi connectivity index (χ1n) is 7.89. The van der Waals surface area contributed by atoms with Crippen molar-refractivity contribution in [3.63, 3.8) is 0 Å². The van der Waals surface area contributed by atoms with E-state index >= 15 is 0 Å². The van der Waals surface area contributed by atoms with E-state index in [-0.39, 0.29) is 5.91 Å². The van der Waals surface area contributed by atoms with Crippen LogP contribution in [-0.2, 0) is 9.53 Å². The van der Waals surface area contributed by atoms with Crippen molar-refractivity contribution in [1.82, 2.24) is 5.32 Å². The molecule has 0 bridgehead atoms. The van der Waals surface area contributed by atoms with Crippen LogP contribution in [0, 0.1) is 0 Å². The fourth-order valence-corrected chi connectivity index (χ4v) is 2.87. The molecule has 0 aliphatic carbocycles. The second-order valence-corrected chi connectivity index (χ2v) is 5.50. The Kier molecular flexibility index (Phi) is 6.21. The Morgan fingerprint density at radius 3 is 3.00 bits per heavy atom. The highest BCUT2D eigenvalue weighted by atomic mass is 16.5. The number of hydrogen-bond acceptors (Lipinski definition) is 3. The molecule has 1 amide bonds. The van der Waals surface area contributed by atoms with Crippen molar-refractivity contribution in [3.05, 3.63) is 29.8 Å². The van der Waals surface area contributed by atoms with Gasteiger partial charge in [0.05, 0.1) is 13.0 Å². The number of amides is 1. The van der Waals surface area contributed by atoms with Gasteiger partial charge in [-0.3, -0.25) is 4.79 Å². The Bertz CT molecular complexity index is 462. The van der Waals surface area contributed by atoms with Gasteiger partial charge in [0.25, 0.3) is 0 Å². The highest BCUT2D eigenvalue weighted by Crippen LogP contribution is 2.33. The molecule has 1 N–H and O–H groups in total. The fraction of sp³-hybridized carbons (Fsp3) is 0.588. The summed E-state index contributed by atoms with van der Waals surface area (Å²) in [4.78, 5) is 14.4. The van der Waals surface area contributed by atoms with Crippen molar-refractivity contribution >= 4 is 11.6 Å². The zero-order chi connectivity index (χ0) is 15.1. The number of fused-ring (bicyclic) bond motifs is 1. The van der Waals surface area contributed by atoms with E-state index < -0.39 is 0 Å². The highest BCUT2D eigenvalue weighted by Gasteiger charge is 2.25. The molecule has 2 rings (SSSR count). The van der Waals surface area contributed by atoms with Crippen molar-refractivity contribution < 1.29 is 9.53 Å². The van der Waals surface area contributed by atoms with Crippen molar-refractivity contribution in [1.29, 1.82) is 0 Å². The lowest BCUT2D eigenvalue weighted by molar-refractivity contribution is -0.119. The number of carbonyl (C=O) groups excluding carboxylic acids is 1. The van der Waals surface area contributed by atoms with Crippen LogP contribution < -0.4 is 10.2 Å². The summed E-state index contributed by atoms with van der Waals surface area (Å²) in [5.74, 6) is 0.153. The third-order valence-electron chi connectivity index (χ3n) is 3.94. The SMILES string of the molecule is CCCNC1CCCN(C(=O)CCOC)c2ccccc21. The molecule has 1 unspecified atom stereocenters. The summed E-state index contributed by atoms with van der Waals surface area (Å²) in [6.45, 7) is 4.46. The van der Waals surface area contributed by atoms with Crippen LogP contribution in [0.5, 0.6) is 0 Å². The summed E-state index contributed by atoms with van der Waals surface area (Å²) in [5, 5.41) is 3.61. The van der Waals surface area contributed by atoms with E-state index in [0.29, 0.717) is 19.1 Å². The zero-order valence-corrected chi connectivity index (χ0v) is 13.1. The third-order valence-corrected chi connectivity index (χ3v) is 3.94. The Labute approximate surface area is 127 Å². The predicted molar refractivity (Wildman–Crippen MR) is 85.6 cm³/mol. The molecule has 4 nitrogen and oxygen atoms in total. The van der Waals surface area contributed by atoms with Gasteiger partial charge in [-0.2, -0.15) is 0 Å². The minimum Gasteiger partial charge on any atom is -0.384 e. The summed E-state index contributed by atoms with van der Waals surface area (Å²) < 4.78 is 5.04. The Balaban J connectivity index is 2.22. The molecular formula is C17H26N2O2. The van der Waals surface area contributed by atoms with E-state index in [2.05, 4.69) is 30.4 Å². The lowest BCUT2D eigenvalue weighted by Crippen LogP contribution is -2.32. The molecular weight excluding hydrogens is 264 g/mol. The summed E-state index contributed by atoms with van der Waals surface area (Å²) in [6.07, 6.45) is 3.66. The molecule has 0 aromatic heterocycles. The smallest absolute Gasteiger partial charge is 0.229 e. The van der Waals surface area contributed by atoms with Gasteiger partial charge >= 0.3 is 0 Å². The number of para-hydroxylation sites is 1. The van der Waals surface area contributed by atoms with Gasteiger partial charge < -0.3 is 15.0 Å². The van der Waals surface area contributed by atoms with Crippen LogP contribution in [-0.4, -0.2) is 32.7 Å². The fourth-order valence-electron chi connectivity index (χ4n) is 2.87. The van der Waals surface area contributed by atoms with E-state index in [1.807, 2.05) is 11.0 Å². The number of hydrogen-bond donors (Lipinski definition) is 1. The molecule has 1 aliphatic rings. The largest absolute Gasteiger partial charge is 0.384 e. The van der Waals surface area contributed by atoms with Gasteiger partial charge in [-0.1, -0.05) is 25.1 Å². The molecule has 1 heterocycles. The Hall–Kier alpha value is -1.39. The lowest BCUT2D eigenvalue weighted by atomic mass is 10.0. The van der Waals surface area contributed by atoms with Gasteiger partial charge in [0.15, 0.2) is 0 Å². The summed E-state index contributed by atoms with van der Waals surface area (Å²) >= 11 is 0. The van der Waals surface area contributed by atoms with Crippen LogP contribution in [0.3, 0.4) is 0 Å². The van der Waals surface area contributed by atoms with E-state index in [4.69, 9.17) is 4.74 Å². The molecule has 4 heteroatoms. The molecule has 1 atom stereocenters. The summed E-state index contributed by atoms with van der Waals surface area (Å²) in [6, 6.07) is 8.62. The Morgan fingerprint density at radius 1 is 1.43 bits per heavy atom. The van der Waals surface area contributed by atoms with Crippen LogP contribution >= 0.6 is 0 Å². The zero-order valence-electron chi connectivity index (χ0n) is 13.1. The van der Waals surface area contributed by atoms with E-state index in [1.54, 1.807) is 7.11 Å². The molecule has 1 aliphatic heterocycles. The molecule has 116 valence electrons. The number of nitrogens with one attached hydrogen (secondary N) is 1. The molecule has 0 saturated heterocycles. The first-order valence-corrected chi connectivity index (χ1v) is 7.89. The average Bonchev–Trinajstić information content (AvgIpc) is 2.70. The standard InChI is InChI=1S/C17H26N2O2/c1-3-11-18-15-8-6-12-19(17(20)10-13-21-2)16-9-5-4-7-14(15)16/h4-5,7,9,15,18H,3,6,8,10-13H2,1-2H3. The van der Waals surface area contributed by atoms with Crippen molar-refractivity contribution in [3.8, 4) is 0 Å². The first kappa shape index (κ1) is 16.0. The molecule has 1 aromatic carbocycles. The van der Waals surface area contributed by atoms with Crippen LogP contribution in [0.1, 0.15) is 44.2 Å². The Morgan fingerprint density at radius 2 is 2.24 bits per heavy atom. The normalized spacial score (nSPS) is 18.2. The average molecular weight is 290 g/mol. The van der Waals surface area contributed by atoms with Crippen molar-refractivity contribution in [2.45, 2.75) is 38.6 Å². The predicted octanol–water partition coefficient (Wildman–Crippen LogP) is 2.89. The van der Waals surface area contributed by atoms with E-state index in [9.17, 15) is 4.79 Å². The number of ether oxygens (including phenoxy) is 1. The number of rotatable bonds is 6. The van der Waals surface area contributed by atoms with Crippen LogP contribution in [0.25, 0.3) is 0 Å². The number of anilines is 1. The van der Waals surface area contributed by atoms with Gasteiger partial charge in [-0.05, 0) is 37.4 Å². The minimum atomic E-state index is 0.153. The number of methoxy groups -OCH3 is 1. The first-order chi connectivity index (χ1) is 10.3. The van der Waals surface area contributed by atoms with Crippen LogP contribution in [0.2, 0.25) is 0 Å². The maximum absolute atomic E-state index is 12.4. The molecule has 21 heavy (non-hydrogen) atoms. The highest BCUT2D eigenvalue weighted by molar-refractivity contribution is 5.94. The van der Waals surface area contributed by atoms with Gasteiger partial charge in [0, 0.05) is 25.4 Å². The lowest BCUT2D eigenvalue weighted by Gasteiger charge is -2.24. The van der Waals surface area contributed by atoms with Gasteiger partial charge in [-0.15, -0.1) is 0 Å². The van der Waals surface area contributed by atoms with Gasteiger partial charge in [0.1, 0.15) is 0 Å². The van der Waals surface area contributed by atoms with E-state index in [1.165, 1.54) is 5.56 Å².